The molecule has 1 aromatic carbocycles. The Morgan fingerprint density at radius 1 is 1.10 bits per heavy atom. The zero-order chi connectivity index (χ0) is 20.6. The predicted octanol–water partition coefficient (Wildman–Crippen LogP) is 1.47. The minimum absolute atomic E-state index is 0.0263. The van der Waals surface area contributed by atoms with E-state index in [2.05, 4.69) is 10.9 Å². The minimum Gasteiger partial charge on any atom is -0.339 e. The lowest BCUT2D eigenvalue weighted by atomic mass is 10.1. The molecule has 2 atom stereocenters. The number of nitrogens with one attached hydrogen (secondary N) is 2. The first-order chi connectivity index (χ1) is 13.9. The number of carbonyl (C=O) groups excluding carboxylic acids is 1. The Labute approximate surface area is 171 Å². The maximum absolute atomic E-state index is 13.9. The van der Waals surface area contributed by atoms with Gasteiger partial charge in [0.2, 0.25) is 15.9 Å². The molecule has 2 fully saturated rings. The molecule has 4 rings (SSSR count). The number of hydrogen-bond acceptors (Lipinski definition) is 6. The highest BCUT2D eigenvalue weighted by Crippen LogP contribution is 2.27. The number of thiophene rings is 1. The summed E-state index contributed by atoms with van der Waals surface area (Å²) in [6, 6.07) is 5.97. The molecule has 156 valence electrons. The van der Waals surface area contributed by atoms with E-state index in [1.54, 1.807) is 16.2 Å². The van der Waals surface area contributed by atoms with Crippen LogP contribution >= 0.6 is 11.3 Å². The van der Waals surface area contributed by atoms with Crippen molar-refractivity contribution in [1.82, 2.24) is 20.1 Å². The second-order valence-electron chi connectivity index (χ2n) is 6.95. The van der Waals surface area contributed by atoms with Crippen molar-refractivity contribution in [2.45, 2.75) is 23.4 Å². The van der Waals surface area contributed by atoms with Gasteiger partial charge in [-0.15, -0.1) is 11.3 Å². The van der Waals surface area contributed by atoms with Crippen molar-refractivity contribution in [3.63, 3.8) is 0 Å². The molecule has 0 radical (unpaired) electrons. The molecule has 2 aromatic rings. The number of benzene rings is 1. The lowest BCUT2D eigenvalue weighted by Crippen LogP contribution is -2.54. The van der Waals surface area contributed by atoms with Crippen molar-refractivity contribution in [3.05, 3.63) is 52.2 Å². The summed E-state index contributed by atoms with van der Waals surface area (Å²) in [7, 11) is -4.17. The molecular weight excluding hydrogens is 422 g/mol. The lowest BCUT2D eigenvalue weighted by Gasteiger charge is -2.35. The van der Waals surface area contributed by atoms with E-state index in [9.17, 15) is 22.0 Å². The van der Waals surface area contributed by atoms with Gasteiger partial charge >= 0.3 is 0 Å². The molecule has 0 aliphatic carbocycles. The minimum atomic E-state index is -4.17. The summed E-state index contributed by atoms with van der Waals surface area (Å²) < 4.78 is 53.7. The van der Waals surface area contributed by atoms with Crippen molar-refractivity contribution < 1.29 is 22.0 Å². The van der Waals surface area contributed by atoms with Crippen LogP contribution in [0.5, 0.6) is 0 Å². The Hall–Kier alpha value is -1.92. The van der Waals surface area contributed by atoms with Gasteiger partial charge in [-0.3, -0.25) is 4.79 Å². The van der Waals surface area contributed by atoms with E-state index in [0.717, 1.165) is 21.3 Å². The topological polar surface area (TPSA) is 81.8 Å². The number of piperazine rings is 1. The van der Waals surface area contributed by atoms with Gasteiger partial charge in [0.15, 0.2) is 0 Å². The van der Waals surface area contributed by atoms with Crippen LogP contribution in [0.3, 0.4) is 0 Å². The summed E-state index contributed by atoms with van der Waals surface area (Å²) in [5.41, 5.74) is 6.14. The normalized spacial score (nSPS) is 23.4. The molecule has 1 amide bonds. The van der Waals surface area contributed by atoms with Crippen LogP contribution in [0, 0.1) is 11.6 Å². The third kappa shape index (κ3) is 4.05. The largest absolute Gasteiger partial charge is 0.339 e. The molecule has 2 aliphatic rings. The average molecular weight is 443 g/mol. The van der Waals surface area contributed by atoms with Gasteiger partial charge in [0.1, 0.15) is 22.6 Å². The van der Waals surface area contributed by atoms with E-state index in [0.29, 0.717) is 12.5 Å². The van der Waals surface area contributed by atoms with Gasteiger partial charge in [-0.1, -0.05) is 6.07 Å². The Bertz CT molecular complexity index is 993. The Kier molecular flexibility index (Phi) is 5.67. The van der Waals surface area contributed by atoms with Crippen molar-refractivity contribution >= 4 is 27.3 Å². The van der Waals surface area contributed by atoms with Crippen molar-refractivity contribution in [2.75, 3.05) is 26.2 Å². The first-order valence-corrected chi connectivity index (χ1v) is 11.5. The number of halogens is 2. The van der Waals surface area contributed by atoms with Crippen molar-refractivity contribution in [2.24, 2.45) is 0 Å². The highest BCUT2D eigenvalue weighted by molar-refractivity contribution is 7.89. The highest BCUT2D eigenvalue weighted by atomic mass is 32.2. The first kappa shape index (κ1) is 20.4. The molecule has 2 N–H and O–H groups in total. The van der Waals surface area contributed by atoms with E-state index < -0.39 is 32.6 Å². The molecule has 7 nitrogen and oxygen atoms in total. The molecule has 0 spiro atoms. The molecule has 11 heteroatoms. The molecule has 0 bridgehead atoms. The number of hydrogen-bond donors (Lipinski definition) is 2. The fourth-order valence-corrected chi connectivity index (χ4v) is 5.87. The molecule has 2 saturated heterocycles. The fourth-order valence-electron chi connectivity index (χ4n) is 3.58. The SMILES string of the molecule is O=C(C1CC(c2cccs2)NN1)N1CCN(S(=O)(=O)c2cc(F)ccc2F)CC1. The molecule has 3 heterocycles. The number of amides is 1. The molecule has 29 heavy (non-hydrogen) atoms. The van der Waals surface area contributed by atoms with Crippen LogP contribution in [0.2, 0.25) is 0 Å². The summed E-state index contributed by atoms with van der Waals surface area (Å²) in [6.07, 6.45) is 0.604. The van der Waals surface area contributed by atoms with E-state index in [1.165, 1.54) is 0 Å². The van der Waals surface area contributed by atoms with Gasteiger partial charge in [0, 0.05) is 31.1 Å². The molecule has 2 aliphatic heterocycles. The number of hydrazine groups is 1. The third-order valence-electron chi connectivity index (χ3n) is 5.15. The van der Waals surface area contributed by atoms with Gasteiger partial charge in [-0.2, -0.15) is 4.31 Å². The first-order valence-electron chi connectivity index (χ1n) is 9.15. The smallest absolute Gasteiger partial charge is 0.246 e. The zero-order valence-electron chi connectivity index (χ0n) is 15.3. The van der Waals surface area contributed by atoms with E-state index in [1.807, 2.05) is 17.5 Å². The molecule has 0 saturated carbocycles. The predicted molar refractivity (Wildman–Crippen MR) is 103 cm³/mol. The second-order valence-corrected chi connectivity index (χ2v) is 9.83. The molecule has 2 unspecified atom stereocenters. The summed E-state index contributed by atoms with van der Waals surface area (Å²) in [4.78, 5) is 14.8. The summed E-state index contributed by atoms with van der Waals surface area (Å²) in [5.74, 6) is -1.92. The molecular formula is C18H20F2N4O3S2. The summed E-state index contributed by atoms with van der Waals surface area (Å²) >= 11 is 1.61. The Balaban J connectivity index is 1.38. The van der Waals surface area contributed by atoms with Gasteiger partial charge in [-0.05, 0) is 36.1 Å². The average Bonchev–Trinajstić information content (AvgIpc) is 3.41. The van der Waals surface area contributed by atoms with Crippen molar-refractivity contribution in [3.8, 4) is 0 Å². The van der Waals surface area contributed by atoms with Crippen LogP contribution in [-0.2, 0) is 14.8 Å². The number of carbonyl (C=O) groups is 1. The van der Waals surface area contributed by atoms with Crippen LogP contribution in [-0.4, -0.2) is 55.8 Å². The number of sulfonamides is 1. The Morgan fingerprint density at radius 3 is 2.55 bits per heavy atom. The van der Waals surface area contributed by atoms with Crippen LogP contribution < -0.4 is 10.9 Å². The third-order valence-corrected chi connectivity index (χ3v) is 8.05. The summed E-state index contributed by atoms with van der Waals surface area (Å²) in [6.45, 7) is 0.435. The van der Waals surface area contributed by atoms with Gasteiger partial charge < -0.3 is 4.90 Å². The van der Waals surface area contributed by atoms with Crippen molar-refractivity contribution in [1.29, 1.82) is 0 Å². The molecule has 1 aromatic heterocycles. The zero-order valence-corrected chi connectivity index (χ0v) is 17.0. The number of rotatable bonds is 4. The van der Waals surface area contributed by atoms with Gasteiger partial charge in [0.05, 0.1) is 6.04 Å². The van der Waals surface area contributed by atoms with E-state index in [-0.39, 0.29) is 38.1 Å². The quantitative estimate of drug-likeness (QED) is 0.750. The maximum atomic E-state index is 13.9. The lowest BCUT2D eigenvalue weighted by molar-refractivity contribution is -0.134. The number of nitrogens with zero attached hydrogens (tertiary/aromatic N) is 2. The maximum Gasteiger partial charge on any atom is 0.246 e. The fraction of sp³-hybridized carbons (Fsp3) is 0.389. The second kappa shape index (κ2) is 8.07. The Morgan fingerprint density at radius 2 is 1.86 bits per heavy atom. The standard InChI is InChI=1S/C18H20F2N4O3S2/c19-12-3-4-13(20)17(10-12)29(26,27)24-7-5-23(6-8-24)18(25)15-11-14(21-22-15)16-2-1-9-28-16/h1-4,9-10,14-15,21-22H,5-8,11H2. The van der Waals surface area contributed by atoms with Gasteiger partial charge in [0.25, 0.3) is 0 Å². The van der Waals surface area contributed by atoms with Crippen LogP contribution in [0.25, 0.3) is 0 Å². The summed E-state index contributed by atoms with van der Waals surface area (Å²) in [5, 5.41) is 1.98. The van der Waals surface area contributed by atoms with Crippen LogP contribution in [0.15, 0.2) is 40.6 Å². The van der Waals surface area contributed by atoms with Crippen LogP contribution in [0.4, 0.5) is 8.78 Å². The van der Waals surface area contributed by atoms with E-state index in [4.69, 9.17) is 0 Å². The van der Waals surface area contributed by atoms with Crippen LogP contribution in [0.1, 0.15) is 17.3 Å². The van der Waals surface area contributed by atoms with E-state index >= 15 is 0 Å². The monoisotopic (exact) mass is 442 g/mol. The highest BCUT2D eigenvalue weighted by Gasteiger charge is 2.37. The van der Waals surface area contributed by atoms with Gasteiger partial charge in [-0.25, -0.2) is 28.1 Å².